The average molecular weight is 409 g/mol. The fourth-order valence-electron chi connectivity index (χ4n) is 4.79. The van der Waals surface area contributed by atoms with Gasteiger partial charge in [-0.1, -0.05) is 0 Å². The molecule has 2 fully saturated rings. The minimum atomic E-state index is -0.283. The highest BCUT2D eigenvalue weighted by Crippen LogP contribution is 2.46. The van der Waals surface area contributed by atoms with Crippen LogP contribution in [0.5, 0.6) is 5.75 Å². The van der Waals surface area contributed by atoms with Crippen LogP contribution in [0.15, 0.2) is 35.1 Å². The summed E-state index contributed by atoms with van der Waals surface area (Å²) in [6.45, 7) is 1.48. The van der Waals surface area contributed by atoms with Crippen molar-refractivity contribution in [3.63, 3.8) is 0 Å². The summed E-state index contributed by atoms with van der Waals surface area (Å²) >= 11 is 0. The van der Waals surface area contributed by atoms with Gasteiger partial charge in [0, 0.05) is 36.2 Å². The number of likely N-dealkylation sites (tertiary alicyclic amines) is 1. The summed E-state index contributed by atoms with van der Waals surface area (Å²) < 4.78 is 5.42. The molecule has 1 spiro atoms. The first-order valence-electron chi connectivity index (χ1n) is 10.5. The van der Waals surface area contributed by atoms with Gasteiger partial charge in [-0.3, -0.25) is 9.59 Å². The summed E-state index contributed by atoms with van der Waals surface area (Å²) in [6, 6.07) is 8.34. The van der Waals surface area contributed by atoms with Gasteiger partial charge in [0.2, 0.25) is 0 Å². The first-order chi connectivity index (χ1) is 14.5. The van der Waals surface area contributed by atoms with Crippen LogP contribution in [0.2, 0.25) is 0 Å². The Bertz CT molecular complexity index is 962. The number of piperidine rings is 1. The first kappa shape index (κ1) is 20.3. The van der Waals surface area contributed by atoms with E-state index in [9.17, 15) is 14.4 Å². The third-order valence-electron chi connectivity index (χ3n) is 6.80. The van der Waals surface area contributed by atoms with Gasteiger partial charge in [-0.15, -0.1) is 0 Å². The van der Waals surface area contributed by atoms with E-state index in [-0.39, 0.29) is 17.4 Å². The molecule has 1 aromatic heterocycles. The number of hydrogen-bond acceptors (Lipinski definition) is 5. The van der Waals surface area contributed by atoms with E-state index in [1.165, 1.54) is 6.07 Å². The summed E-state index contributed by atoms with van der Waals surface area (Å²) in [5.74, 6) is 0.810. The van der Waals surface area contributed by atoms with Crippen molar-refractivity contribution in [1.29, 1.82) is 0 Å². The van der Waals surface area contributed by atoms with Crippen molar-refractivity contribution in [2.45, 2.75) is 38.5 Å². The smallest absolute Gasteiger partial charge is 0.264 e. The predicted octanol–water partition coefficient (Wildman–Crippen LogP) is 3.06. The number of H-pyrrole nitrogens is 1. The Labute approximate surface area is 175 Å². The highest BCUT2D eigenvalue weighted by atomic mass is 16.5. The number of carbonyl (C=O) groups excluding carboxylic acids is 2. The molecule has 158 valence electrons. The monoisotopic (exact) mass is 409 g/mol. The molecule has 30 heavy (non-hydrogen) atoms. The largest absolute Gasteiger partial charge is 0.496 e. The number of carbonyl (C=O) groups is 2. The van der Waals surface area contributed by atoms with Gasteiger partial charge in [0.25, 0.3) is 11.5 Å². The number of ether oxygens (including phenoxy) is 1. The van der Waals surface area contributed by atoms with Crippen LogP contribution in [-0.2, 0) is 4.79 Å². The van der Waals surface area contributed by atoms with E-state index in [0.29, 0.717) is 28.0 Å². The molecule has 1 amide bonds. The Hall–Kier alpha value is -2.96. The summed E-state index contributed by atoms with van der Waals surface area (Å²) in [5, 5.41) is 6.50. The van der Waals surface area contributed by atoms with E-state index in [1.54, 1.807) is 31.4 Å². The van der Waals surface area contributed by atoms with Crippen molar-refractivity contribution in [3.05, 3.63) is 46.2 Å². The molecule has 1 aliphatic heterocycles. The van der Waals surface area contributed by atoms with Crippen LogP contribution in [0.25, 0.3) is 11.3 Å². The maximum absolute atomic E-state index is 13.2. The molecular formula is C23H27N3O4. The zero-order valence-corrected chi connectivity index (χ0v) is 17.2. The molecule has 2 aromatic rings. The quantitative estimate of drug-likeness (QED) is 0.784. The molecule has 7 nitrogen and oxygen atoms in total. The van der Waals surface area contributed by atoms with Gasteiger partial charge in [0.05, 0.1) is 12.8 Å². The van der Waals surface area contributed by atoms with E-state index in [4.69, 9.17) is 4.74 Å². The van der Waals surface area contributed by atoms with Crippen LogP contribution in [0.4, 0.5) is 0 Å². The third-order valence-corrected chi connectivity index (χ3v) is 6.80. The third kappa shape index (κ3) is 4.01. The zero-order valence-electron chi connectivity index (χ0n) is 17.2. The molecule has 1 aliphatic carbocycles. The first-order valence-corrected chi connectivity index (χ1v) is 10.5. The van der Waals surface area contributed by atoms with Gasteiger partial charge in [-0.05, 0) is 68.2 Å². The van der Waals surface area contributed by atoms with Crippen molar-refractivity contribution in [2.24, 2.45) is 11.3 Å². The lowest BCUT2D eigenvalue weighted by molar-refractivity contribution is -0.112. The summed E-state index contributed by atoms with van der Waals surface area (Å²) in [7, 11) is 1.56. The van der Waals surface area contributed by atoms with Crippen molar-refractivity contribution in [3.8, 4) is 17.0 Å². The topological polar surface area (TPSA) is 92.4 Å². The Balaban J connectivity index is 1.49. The molecule has 1 aromatic carbocycles. The number of nitrogens with one attached hydrogen (secondary N) is 1. The molecule has 1 N–H and O–H groups in total. The van der Waals surface area contributed by atoms with E-state index in [0.717, 1.165) is 57.9 Å². The molecule has 2 aliphatic rings. The summed E-state index contributed by atoms with van der Waals surface area (Å²) in [4.78, 5) is 37.4. The summed E-state index contributed by atoms with van der Waals surface area (Å²) in [6.07, 6.45) is 7.22. The van der Waals surface area contributed by atoms with Crippen LogP contribution in [-0.4, -0.2) is 47.5 Å². The number of benzene rings is 1. The number of rotatable bonds is 4. The van der Waals surface area contributed by atoms with Crippen molar-refractivity contribution in [2.75, 3.05) is 20.2 Å². The second-order valence-corrected chi connectivity index (χ2v) is 8.49. The van der Waals surface area contributed by atoms with Gasteiger partial charge in [-0.25, -0.2) is 5.10 Å². The Morgan fingerprint density at radius 2 is 1.90 bits per heavy atom. The van der Waals surface area contributed by atoms with Crippen LogP contribution < -0.4 is 10.3 Å². The second kappa shape index (κ2) is 8.42. The van der Waals surface area contributed by atoms with Crippen molar-refractivity contribution < 1.29 is 14.3 Å². The van der Waals surface area contributed by atoms with E-state index in [2.05, 4.69) is 10.2 Å². The SMILES string of the molecule is COc1ccc(C(=O)N2CCC3(CCC(C=O)CC3)CC2)cc1-c1ccc(=O)[nH]n1. The summed E-state index contributed by atoms with van der Waals surface area (Å²) in [5.41, 5.74) is 1.81. The van der Waals surface area contributed by atoms with Gasteiger partial charge in [0.1, 0.15) is 12.0 Å². The molecule has 0 unspecified atom stereocenters. The van der Waals surface area contributed by atoms with E-state index >= 15 is 0 Å². The number of aldehydes is 1. The number of amides is 1. The highest BCUT2D eigenvalue weighted by molar-refractivity contribution is 5.96. The normalized spacial score (nSPS) is 18.9. The second-order valence-electron chi connectivity index (χ2n) is 8.49. The highest BCUT2D eigenvalue weighted by Gasteiger charge is 2.39. The molecule has 0 bridgehead atoms. The maximum atomic E-state index is 13.2. The standard InChI is InChI=1S/C23H27N3O4/c1-30-20-4-2-17(14-18(20)19-3-5-21(28)25-24-19)22(29)26-12-10-23(11-13-26)8-6-16(15-27)7-9-23/h2-5,14-16H,6-13H2,1H3,(H,25,28). The maximum Gasteiger partial charge on any atom is 0.264 e. The van der Waals surface area contributed by atoms with Crippen LogP contribution in [0.1, 0.15) is 48.9 Å². The minimum Gasteiger partial charge on any atom is -0.496 e. The van der Waals surface area contributed by atoms with Gasteiger partial charge >= 0.3 is 0 Å². The van der Waals surface area contributed by atoms with Crippen LogP contribution in [0, 0.1) is 11.3 Å². The average Bonchev–Trinajstić information content (AvgIpc) is 2.80. The number of nitrogens with zero attached hydrogens (tertiary/aromatic N) is 2. The fraction of sp³-hybridized carbons (Fsp3) is 0.478. The number of hydrogen-bond donors (Lipinski definition) is 1. The molecular weight excluding hydrogens is 382 g/mol. The number of aromatic amines is 1. The lowest BCUT2D eigenvalue weighted by Crippen LogP contribution is -2.44. The molecule has 0 radical (unpaired) electrons. The minimum absolute atomic E-state index is 0.000227. The fourth-order valence-corrected chi connectivity index (χ4v) is 4.79. The zero-order chi connectivity index (χ0) is 21.1. The lowest BCUT2D eigenvalue weighted by Gasteiger charge is -2.45. The molecule has 4 rings (SSSR count). The molecule has 2 heterocycles. The van der Waals surface area contributed by atoms with Crippen LogP contribution in [0.3, 0.4) is 0 Å². The van der Waals surface area contributed by atoms with E-state index in [1.807, 2.05) is 4.90 Å². The van der Waals surface area contributed by atoms with E-state index < -0.39 is 0 Å². The van der Waals surface area contributed by atoms with Crippen molar-refractivity contribution in [1.82, 2.24) is 15.1 Å². The lowest BCUT2D eigenvalue weighted by atomic mass is 9.65. The number of methoxy groups -OCH3 is 1. The Kier molecular flexibility index (Phi) is 5.70. The van der Waals surface area contributed by atoms with Gasteiger partial charge < -0.3 is 14.4 Å². The van der Waals surface area contributed by atoms with Crippen LogP contribution >= 0.6 is 0 Å². The molecule has 1 saturated carbocycles. The molecule has 7 heteroatoms. The van der Waals surface area contributed by atoms with Crippen molar-refractivity contribution >= 4 is 12.2 Å². The van der Waals surface area contributed by atoms with Gasteiger partial charge in [0.15, 0.2) is 0 Å². The number of aromatic nitrogens is 2. The molecule has 1 saturated heterocycles. The van der Waals surface area contributed by atoms with Gasteiger partial charge in [-0.2, -0.15) is 5.10 Å². The Morgan fingerprint density at radius 3 is 2.50 bits per heavy atom. The predicted molar refractivity (Wildman–Crippen MR) is 112 cm³/mol. The molecule has 0 atom stereocenters. The Morgan fingerprint density at radius 1 is 1.17 bits per heavy atom.